The van der Waals surface area contributed by atoms with Gasteiger partial charge in [-0.15, -0.1) is 0 Å². The summed E-state index contributed by atoms with van der Waals surface area (Å²) in [4.78, 5) is 24.7. The van der Waals surface area contributed by atoms with Crippen LogP contribution in [0, 0.1) is 0 Å². The van der Waals surface area contributed by atoms with E-state index in [1.54, 1.807) is 19.1 Å². The van der Waals surface area contributed by atoms with Gasteiger partial charge in [0.2, 0.25) is 0 Å². The topological polar surface area (TPSA) is 46.6 Å². The van der Waals surface area contributed by atoms with Crippen LogP contribution in [0.5, 0.6) is 0 Å². The van der Waals surface area contributed by atoms with E-state index in [4.69, 9.17) is 23.2 Å². The lowest BCUT2D eigenvalue weighted by molar-refractivity contribution is -0.141. The van der Waals surface area contributed by atoms with Crippen LogP contribution in [0.4, 0.5) is 0 Å². The van der Waals surface area contributed by atoms with Crippen molar-refractivity contribution >= 4 is 35.1 Å². The van der Waals surface area contributed by atoms with Gasteiger partial charge in [-0.1, -0.05) is 23.2 Å². The Kier molecular flexibility index (Phi) is 5.44. The fraction of sp³-hybridized carbons (Fsp3) is 0.333. The monoisotopic (exact) mass is 289 g/mol. The average Bonchev–Trinajstić information content (AvgIpc) is 2.37. The van der Waals surface area contributed by atoms with Gasteiger partial charge in [-0.2, -0.15) is 0 Å². The van der Waals surface area contributed by atoms with Gasteiger partial charge < -0.3 is 9.64 Å². The number of ether oxygens (including phenoxy) is 1. The lowest BCUT2D eigenvalue weighted by Crippen LogP contribution is -2.36. The quantitative estimate of drug-likeness (QED) is 0.801. The summed E-state index contributed by atoms with van der Waals surface area (Å²) in [5.41, 5.74) is 0.273. The molecule has 1 aromatic rings. The zero-order valence-electron chi connectivity index (χ0n) is 10.1. The first-order chi connectivity index (χ1) is 8.49. The first-order valence-corrected chi connectivity index (χ1v) is 6.06. The SMILES string of the molecule is CCN(CC(=O)OC)C(=O)c1cc(Cl)ccc1Cl. The van der Waals surface area contributed by atoms with Gasteiger partial charge in [0.05, 0.1) is 17.7 Å². The Labute approximate surface area is 115 Å². The Hall–Kier alpha value is -1.26. The number of hydrogen-bond acceptors (Lipinski definition) is 3. The second-order valence-electron chi connectivity index (χ2n) is 3.52. The number of carbonyl (C=O) groups is 2. The van der Waals surface area contributed by atoms with Crippen LogP contribution in [0.25, 0.3) is 0 Å². The summed E-state index contributed by atoms with van der Waals surface area (Å²) in [7, 11) is 1.27. The summed E-state index contributed by atoms with van der Waals surface area (Å²) < 4.78 is 4.53. The van der Waals surface area contributed by atoms with Crippen LogP contribution < -0.4 is 0 Å². The zero-order chi connectivity index (χ0) is 13.7. The average molecular weight is 290 g/mol. The maximum atomic E-state index is 12.2. The minimum absolute atomic E-state index is 0.116. The van der Waals surface area contributed by atoms with E-state index >= 15 is 0 Å². The van der Waals surface area contributed by atoms with Crippen molar-refractivity contribution in [3.8, 4) is 0 Å². The highest BCUT2D eigenvalue weighted by atomic mass is 35.5. The highest BCUT2D eigenvalue weighted by Gasteiger charge is 2.20. The van der Waals surface area contributed by atoms with Crippen molar-refractivity contribution in [1.29, 1.82) is 0 Å². The standard InChI is InChI=1S/C12H13Cl2NO3/c1-3-15(7-11(16)18-2)12(17)9-6-8(13)4-5-10(9)14/h4-6H,3,7H2,1-2H3. The number of hydrogen-bond donors (Lipinski definition) is 0. The molecule has 0 radical (unpaired) electrons. The van der Waals surface area contributed by atoms with Crippen LogP contribution in [-0.4, -0.2) is 37.0 Å². The number of esters is 1. The molecule has 0 saturated carbocycles. The number of halogens is 2. The van der Waals surface area contributed by atoms with Gasteiger partial charge >= 0.3 is 5.97 Å². The molecule has 0 saturated heterocycles. The van der Waals surface area contributed by atoms with E-state index in [-0.39, 0.29) is 18.0 Å². The summed E-state index contributed by atoms with van der Waals surface area (Å²) in [5.74, 6) is -0.834. The molecule has 0 N–H and O–H groups in total. The summed E-state index contributed by atoms with van der Waals surface area (Å²) in [6.07, 6.45) is 0. The zero-order valence-corrected chi connectivity index (χ0v) is 11.6. The molecule has 1 amide bonds. The lowest BCUT2D eigenvalue weighted by atomic mass is 10.2. The molecule has 0 aliphatic rings. The van der Waals surface area contributed by atoms with E-state index in [1.807, 2.05) is 0 Å². The van der Waals surface area contributed by atoms with Crippen LogP contribution in [0.2, 0.25) is 10.0 Å². The number of rotatable bonds is 4. The third kappa shape index (κ3) is 3.62. The van der Waals surface area contributed by atoms with Crippen LogP contribution in [0.1, 0.15) is 17.3 Å². The van der Waals surface area contributed by atoms with Gasteiger partial charge in [-0.25, -0.2) is 0 Å². The van der Waals surface area contributed by atoms with E-state index in [0.29, 0.717) is 16.6 Å². The van der Waals surface area contributed by atoms with E-state index < -0.39 is 5.97 Å². The molecule has 0 bridgehead atoms. The van der Waals surface area contributed by atoms with Gasteiger partial charge in [0.25, 0.3) is 5.91 Å². The van der Waals surface area contributed by atoms with Gasteiger partial charge in [-0.3, -0.25) is 9.59 Å². The fourth-order valence-electron chi connectivity index (χ4n) is 1.38. The second kappa shape index (κ2) is 6.61. The van der Waals surface area contributed by atoms with Gasteiger partial charge in [0.15, 0.2) is 0 Å². The summed E-state index contributed by atoms with van der Waals surface area (Å²) in [6.45, 7) is 2.02. The molecular formula is C12H13Cl2NO3. The molecule has 0 spiro atoms. The molecule has 1 rings (SSSR count). The van der Waals surface area contributed by atoms with Gasteiger partial charge in [0, 0.05) is 11.6 Å². The molecule has 0 atom stereocenters. The highest BCUT2D eigenvalue weighted by Crippen LogP contribution is 2.22. The van der Waals surface area contributed by atoms with Gasteiger partial charge in [0.1, 0.15) is 6.54 Å². The normalized spacial score (nSPS) is 10.0. The molecule has 0 aliphatic carbocycles. The van der Waals surface area contributed by atoms with Crippen LogP contribution >= 0.6 is 23.2 Å². The van der Waals surface area contributed by atoms with E-state index in [2.05, 4.69) is 4.74 Å². The number of carbonyl (C=O) groups excluding carboxylic acids is 2. The molecule has 0 heterocycles. The number of methoxy groups -OCH3 is 1. The second-order valence-corrected chi connectivity index (χ2v) is 4.36. The fourth-order valence-corrected chi connectivity index (χ4v) is 1.75. The van der Waals surface area contributed by atoms with E-state index in [1.165, 1.54) is 18.1 Å². The highest BCUT2D eigenvalue weighted by molar-refractivity contribution is 6.35. The Morgan fingerprint density at radius 3 is 2.56 bits per heavy atom. The van der Waals surface area contributed by atoms with E-state index in [0.717, 1.165) is 0 Å². The summed E-state index contributed by atoms with van der Waals surface area (Å²) in [6, 6.07) is 4.62. The molecular weight excluding hydrogens is 277 g/mol. The maximum absolute atomic E-state index is 12.2. The van der Waals surface area contributed by atoms with Crippen LogP contribution in [-0.2, 0) is 9.53 Å². The Balaban J connectivity index is 2.96. The van der Waals surface area contributed by atoms with Crippen molar-refractivity contribution in [1.82, 2.24) is 4.90 Å². The smallest absolute Gasteiger partial charge is 0.325 e. The lowest BCUT2D eigenvalue weighted by Gasteiger charge is -2.20. The minimum atomic E-state index is -0.483. The predicted molar refractivity (Wildman–Crippen MR) is 70.1 cm³/mol. The van der Waals surface area contributed by atoms with E-state index in [9.17, 15) is 9.59 Å². The van der Waals surface area contributed by atoms with Crippen molar-refractivity contribution in [2.24, 2.45) is 0 Å². The Morgan fingerprint density at radius 1 is 1.33 bits per heavy atom. The van der Waals surface area contributed by atoms with Crippen LogP contribution in [0.3, 0.4) is 0 Å². The predicted octanol–water partition coefficient (Wildman–Crippen LogP) is 2.63. The molecule has 0 fully saturated rings. The first kappa shape index (κ1) is 14.8. The van der Waals surface area contributed by atoms with Crippen molar-refractivity contribution in [3.63, 3.8) is 0 Å². The number of benzene rings is 1. The summed E-state index contributed by atoms with van der Waals surface area (Å²) in [5, 5.41) is 0.713. The van der Waals surface area contributed by atoms with Crippen molar-refractivity contribution in [2.75, 3.05) is 20.2 Å². The molecule has 6 heteroatoms. The first-order valence-electron chi connectivity index (χ1n) is 5.30. The third-order valence-corrected chi connectivity index (χ3v) is 2.94. The van der Waals surface area contributed by atoms with Crippen molar-refractivity contribution in [2.45, 2.75) is 6.92 Å². The molecule has 0 aromatic heterocycles. The third-order valence-electron chi connectivity index (χ3n) is 2.38. The molecule has 98 valence electrons. The molecule has 1 aromatic carbocycles. The Morgan fingerprint density at radius 2 is 2.00 bits per heavy atom. The molecule has 0 unspecified atom stereocenters. The van der Waals surface area contributed by atoms with Crippen LogP contribution in [0.15, 0.2) is 18.2 Å². The Bertz CT molecular complexity index is 463. The number of amides is 1. The molecule has 0 aliphatic heterocycles. The summed E-state index contributed by atoms with van der Waals surface area (Å²) >= 11 is 11.8. The number of nitrogens with zero attached hydrogens (tertiary/aromatic N) is 1. The largest absolute Gasteiger partial charge is 0.468 e. The molecule has 4 nitrogen and oxygen atoms in total. The molecule has 18 heavy (non-hydrogen) atoms. The number of likely N-dealkylation sites (N-methyl/N-ethyl adjacent to an activating group) is 1. The van der Waals surface area contributed by atoms with Crippen molar-refractivity contribution in [3.05, 3.63) is 33.8 Å². The van der Waals surface area contributed by atoms with Crippen molar-refractivity contribution < 1.29 is 14.3 Å². The minimum Gasteiger partial charge on any atom is -0.468 e. The maximum Gasteiger partial charge on any atom is 0.325 e. The van der Waals surface area contributed by atoms with Gasteiger partial charge in [-0.05, 0) is 25.1 Å².